The van der Waals surface area contributed by atoms with Crippen molar-refractivity contribution in [3.8, 4) is 5.75 Å². The normalized spacial score (nSPS) is 14.6. The van der Waals surface area contributed by atoms with Crippen LogP contribution in [0.5, 0.6) is 5.75 Å². The summed E-state index contributed by atoms with van der Waals surface area (Å²) in [5.74, 6) is -12.9. The van der Waals surface area contributed by atoms with Gasteiger partial charge in [-0.2, -0.15) is 0 Å². The number of aliphatic carboxylic acids is 4. The Bertz CT molecular complexity index is 1890. The van der Waals surface area contributed by atoms with Gasteiger partial charge in [0, 0.05) is 19.3 Å². The zero-order chi connectivity index (χ0) is 50.3. The number of nitrogens with one attached hydrogen (secondary N) is 7. The molecule has 0 aliphatic heterocycles. The fourth-order valence-corrected chi connectivity index (χ4v) is 6.20. The number of nitrogens with two attached hydrogens (primary N) is 3. The van der Waals surface area contributed by atoms with Crippen molar-refractivity contribution in [2.75, 3.05) is 6.54 Å². The van der Waals surface area contributed by atoms with Crippen molar-refractivity contribution in [1.82, 2.24) is 31.9 Å². The highest BCUT2D eigenvalue weighted by atomic mass is 16.4. The summed E-state index contributed by atoms with van der Waals surface area (Å²) in [5, 5.41) is 61.8. The summed E-state index contributed by atoms with van der Waals surface area (Å²) in [6.45, 7) is 6.53. The lowest BCUT2D eigenvalue weighted by atomic mass is 9.96. The molecule has 1 aromatic rings. The van der Waals surface area contributed by atoms with Gasteiger partial charge in [-0.3, -0.25) is 59.6 Å². The van der Waals surface area contributed by atoms with Crippen LogP contribution < -0.4 is 54.1 Å². The monoisotopic (exact) mass is 937 g/mol. The van der Waals surface area contributed by atoms with Crippen LogP contribution in [0, 0.1) is 11.8 Å². The van der Waals surface area contributed by atoms with Gasteiger partial charge in [-0.15, -0.1) is 0 Å². The van der Waals surface area contributed by atoms with Crippen molar-refractivity contribution in [2.45, 2.75) is 134 Å². The van der Waals surface area contributed by atoms with E-state index in [9.17, 15) is 73.5 Å². The molecule has 0 bridgehead atoms. The Morgan fingerprint density at radius 1 is 0.576 bits per heavy atom. The minimum Gasteiger partial charge on any atom is -0.508 e. The molecule has 0 radical (unpaired) electrons. The number of hydrogen-bond acceptors (Lipinski definition) is 12. The Kier molecular flexibility index (Phi) is 24.8. The van der Waals surface area contributed by atoms with Crippen molar-refractivity contribution in [3.05, 3.63) is 29.8 Å². The molecule has 18 N–H and O–H groups in total. The van der Waals surface area contributed by atoms with E-state index in [1.54, 1.807) is 27.7 Å². The van der Waals surface area contributed by atoms with Gasteiger partial charge < -0.3 is 63.2 Å². The fraction of sp³-hybridized carbons (Fsp3) is 0.585. The quantitative estimate of drug-likeness (QED) is 0.0190. The predicted molar refractivity (Wildman–Crippen MR) is 232 cm³/mol. The summed E-state index contributed by atoms with van der Waals surface area (Å²) in [7, 11) is 0. The molecule has 66 heavy (non-hydrogen) atoms. The first kappa shape index (κ1) is 57.0. The Morgan fingerprint density at radius 3 is 1.36 bits per heavy atom. The van der Waals surface area contributed by atoms with Gasteiger partial charge in [-0.25, -0.2) is 4.79 Å². The second kappa shape index (κ2) is 28.7. The molecule has 8 unspecified atom stereocenters. The Morgan fingerprint density at radius 2 is 0.970 bits per heavy atom. The minimum atomic E-state index is -1.77. The van der Waals surface area contributed by atoms with Crippen LogP contribution in [0.15, 0.2) is 24.3 Å². The summed E-state index contributed by atoms with van der Waals surface area (Å²) in [6, 6.07) is -4.79. The van der Waals surface area contributed by atoms with Gasteiger partial charge in [0.2, 0.25) is 35.4 Å². The highest BCUT2D eigenvalue weighted by Crippen LogP contribution is 2.14. The summed E-state index contributed by atoms with van der Waals surface area (Å²) in [4.78, 5) is 131. The lowest BCUT2D eigenvalue weighted by Crippen LogP contribution is -2.78. The standard InChI is InChI=1S/C41H64N10O15/c1-5-21(4)33(39(64)49-25(7-6-18-45-41(43)44)37(62)50-32(20(2)3)40(65)66)51-38(63)28(14-17-31(57)58)48-36(61)27(13-16-30(55)56)47-35(60)26(12-15-29(53)54)46-34(59)24(42)19-22-8-10-23(52)11-9-22/h8-11,20-21,24-28,32-33,52H,5-7,12-19,42H2,1-4H3,(H,46,59)(H,47,60)(H,48,61)(H,49,64)(H,50,62)(H,51,63)(H,53,54)(H,55,56)(H,57,58)(H,65,66)(H4,43,44,45)/p+1. The average Bonchev–Trinajstić information content (AvgIpc) is 3.23. The molecule has 0 fully saturated rings. The molecule has 368 valence electrons. The van der Waals surface area contributed by atoms with E-state index in [0.717, 1.165) is 0 Å². The van der Waals surface area contributed by atoms with E-state index >= 15 is 0 Å². The van der Waals surface area contributed by atoms with Gasteiger partial charge in [-0.05, 0) is 68.1 Å². The van der Waals surface area contributed by atoms with Crippen LogP contribution in [0.1, 0.15) is 91.0 Å². The Hall–Kier alpha value is -7.05. The number of aromatic hydroxyl groups is 1. The van der Waals surface area contributed by atoms with Crippen LogP contribution in [0.3, 0.4) is 0 Å². The molecule has 0 saturated carbocycles. The van der Waals surface area contributed by atoms with Gasteiger partial charge in [0.15, 0.2) is 0 Å². The van der Waals surface area contributed by atoms with Crippen molar-refractivity contribution in [2.24, 2.45) is 29.0 Å². The van der Waals surface area contributed by atoms with E-state index in [1.807, 2.05) is 0 Å². The smallest absolute Gasteiger partial charge is 0.338 e. The second-order valence-corrected chi connectivity index (χ2v) is 16.0. The second-order valence-electron chi connectivity index (χ2n) is 16.0. The topological polar surface area (TPSA) is 436 Å². The van der Waals surface area contributed by atoms with E-state index in [2.05, 4.69) is 36.9 Å². The van der Waals surface area contributed by atoms with E-state index < -0.39 is 152 Å². The first-order chi connectivity index (χ1) is 30.9. The maximum atomic E-state index is 13.9. The van der Waals surface area contributed by atoms with Crippen molar-refractivity contribution in [3.63, 3.8) is 0 Å². The van der Waals surface area contributed by atoms with Gasteiger partial charge in [-0.1, -0.05) is 46.2 Å². The summed E-state index contributed by atoms with van der Waals surface area (Å²) < 4.78 is 0. The minimum absolute atomic E-state index is 0.0434. The number of phenols is 1. The van der Waals surface area contributed by atoms with E-state index in [0.29, 0.717) is 5.56 Å². The lowest BCUT2D eigenvalue weighted by molar-refractivity contribution is -0.459. The number of benzene rings is 1. The third-order valence-electron chi connectivity index (χ3n) is 10.2. The molecular formula is C41H65N10O15+. The van der Waals surface area contributed by atoms with Crippen LogP contribution in [0.4, 0.5) is 0 Å². The number of carboxylic acids is 4. The molecule has 0 saturated heterocycles. The highest BCUT2D eigenvalue weighted by molar-refractivity contribution is 5.97. The number of carboxylic acid groups (broad SMARTS) is 4. The molecule has 0 aromatic heterocycles. The van der Waals surface area contributed by atoms with Crippen LogP contribution in [-0.4, -0.2) is 140 Å². The molecule has 1 rings (SSSR count). The van der Waals surface area contributed by atoms with Crippen LogP contribution >= 0.6 is 0 Å². The van der Waals surface area contributed by atoms with Crippen molar-refractivity contribution < 1.29 is 78.5 Å². The molecule has 0 heterocycles. The zero-order valence-electron chi connectivity index (χ0n) is 37.3. The zero-order valence-corrected chi connectivity index (χ0v) is 37.3. The third-order valence-corrected chi connectivity index (χ3v) is 10.2. The molecule has 0 aliphatic carbocycles. The van der Waals surface area contributed by atoms with Gasteiger partial charge >= 0.3 is 29.8 Å². The van der Waals surface area contributed by atoms with Gasteiger partial charge in [0.1, 0.15) is 42.0 Å². The number of amides is 6. The number of guanidine groups is 1. The molecule has 0 aliphatic rings. The number of hydrogen-bond donors (Lipinski definition) is 15. The largest absolute Gasteiger partial charge is 0.508 e. The van der Waals surface area contributed by atoms with E-state index in [-0.39, 0.29) is 43.9 Å². The highest BCUT2D eigenvalue weighted by Gasteiger charge is 2.36. The molecule has 6 amide bonds. The van der Waals surface area contributed by atoms with Crippen LogP contribution in [-0.2, 0) is 54.4 Å². The fourth-order valence-electron chi connectivity index (χ4n) is 6.20. The van der Waals surface area contributed by atoms with Gasteiger partial charge in [0.05, 0.1) is 12.6 Å². The van der Waals surface area contributed by atoms with Crippen molar-refractivity contribution >= 4 is 65.3 Å². The molecule has 25 heteroatoms. The number of carbonyl (C=O) groups excluding carboxylic acids is 6. The number of rotatable bonds is 31. The van der Waals surface area contributed by atoms with Crippen molar-refractivity contribution in [1.29, 1.82) is 0 Å². The summed E-state index contributed by atoms with van der Waals surface area (Å²) >= 11 is 0. The number of phenolic OH excluding ortho intramolecular Hbond substituents is 1. The molecular weight excluding hydrogens is 873 g/mol. The van der Waals surface area contributed by atoms with Crippen LogP contribution in [0.2, 0.25) is 0 Å². The van der Waals surface area contributed by atoms with Gasteiger partial charge in [0.25, 0.3) is 0 Å². The summed E-state index contributed by atoms with van der Waals surface area (Å²) in [5.41, 5.74) is 17.5. The molecule has 0 spiro atoms. The molecule has 8 atom stereocenters. The molecule has 1 aromatic carbocycles. The Balaban J connectivity index is 3.46. The lowest BCUT2D eigenvalue weighted by Gasteiger charge is -2.29. The van der Waals surface area contributed by atoms with Crippen LogP contribution in [0.25, 0.3) is 0 Å². The number of carbonyl (C=O) groups is 10. The van der Waals surface area contributed by atoms with E-state index in [1.165, 1.54) is 24.3 Å². The summed E-state index contributed by atoms with van der Waals surface area (Å²) in [6.07, 6.45) is -3.44. The first-order valence-electron chi connectivity index (χ1n) is 21.2. The average molecular weight is 938 g/mol. The predicted octanol–water partition coefficient (Wildman–Crippen LogP) is -4.31. The third kappa shape index (κ3) is 21.6. The maximum Gasteiger partial charge on any atom is 0.338 e. The first-order valence-corrected chi connectivity index (χ1v) is 21.2. The molecule has 25 nitrogen and oxygen atoms in total. The van der Waals surface area contributed by atoms with E-state index in [4.69, 9.17) is 17.2 Å². The Labute approximate surface area is 380 Å². The SMILES string of the molecule is CCC(C)C(NC(=O)C(CCC(=O)O)NC(=O)C(CCC(=O)O)NC(=O)C(CCC(=O)O)NC(=O)C(N)Cc1ccc(O)cc1)C(=O)NC(CCC[NH+]=C(N)N)C(=O)NC(C(=O)O)C(C)C. The maximum absolute atomic E-state index is 13.9.